The highest BCUT2D eigenvalue weighted by Crippen LogP contribution is 2.14. The minimum Gasteiger partial charge on any atom is -0.139 e. The van der Waals surface area contributed by atoms with Crippen molar-refractivity contribution in [2.24, 2.45) is 0 Å². The van der Waals surface area contributed by atoms with Gasteiger partial charge in [-0.05, 0) is 24.1 Å². The van der Waals surface area contributed by atoms with Crippen molar-refractivity contribution >= 4 is 31.9 Å². The van der Waals surface area contributed by atoms with E-state index in [0.29, 0.717) is 3.74 Å². The van der Waals surface area contributed by atoms with Crippen LogP contribution >= 0.6 is 31.9 Å². The van der Waals surface area contributed by atoms with Crippen LogP contribution in [0.15, 0.2) is 12.3 Å². The predicted molar refractivity (Wildman–Crippen MR) is 49.8 cm³/mol. The van der Waals surface area contributed by atoms with Crippen molar-refractivity contribution in [3.63, 3.8) is 0 Å². The van der Waals surface area contributed by atoms with Crippen molar-refractivity contribution in [2.45, 2.75) is 16.6 Å². The molecule has 0 atom stereocenters. The van der Waals surface area contributed by atoms with Crippen molar-refractivity contribution < 1.29 is 0 Å². The first-order valence-corrected chi connectivity index (χ1v) is 5.03. The molecule has 1 aromatic rings. The summed E-state index contributed by atoms with van der Waals surface area (Å²) in [4.78, 5) is 0. The molecule has 3 nitrogen and oxygen atoms in total. The minimum atomic E-state index is 0.352. The van der Waals surface area contributed by atoms with E-state index >= 15 is 0 Å². The van der Waals surface area contributed by atoms with Crippen molar-refractivity contribution in [2.75, 3.05) is 0 Å². The zero-order valence-electron chi connectivity index (χ0n) is 5.74. The van der Waals surface area contributed by atoms with E-state index in [-0.39, 0.29) is 0 Å². The molecule has 0 N–H and O–H groups in total. The maximum atomic E-state index is 3.85. The summed E-state index contributed by atoms with van der Waals surface area (Å²) in [7, 11) is 0. The first-order chi connectivity index (χ1) is 5.29. The molecule has 0 saturated carbocycles. The third-order valence-corrected chi connectivity index (χ3v) is 2.09. The van der Waals surface area contributed by atoms with Crippen molar-refractivity contribution in [3.8, 4) is 0 Å². The highest BCUT2D eigenvalue weighted by molar-refractivity contribution is 9.24. The number of halogens is 2. The van der Waals surface area contributed by atoms with Crippen LogP contribution in [0.1, 0.15) is 12.1 Å². The number of alkyl halides is 2. The molecule has 0 unspecified atom stereocenters. The van der Waals surface area contributed by atoms with Gasteiger partial charge in [-0.3, -0.25) is 0 Å². The third kappa shape index (κ3) is 3.76. The maximum absolute atomic E-state index is 3.85. The lowest BCUT2D eigenvalue weighted by atomic mass is 10.2. The van der Waals surface area contributed by atoms with E-state index < -0.39 is 0 Å². The summed E-state index contributed by atoms with van der Waals surface area (Å²) >= 11 is 6.77. The topological polar surface area (TPSA) is 38.7 Å². The van der Waals surface area contributed by atoms with Gasteiger partial charge in [0.15, 0.2) is 0 Å². The Kier molecular flexibility index (Phi) is 3.93. The largest absolute Gasteiger partial charge is 0.139 e. The Morgan fingerprint density at radius 2 is 2.27 bits per heavy atom. The van der Waals surface area contributed by atoms with Gasteiger partial charge in [-0.2, -0.15) is 0 Å². The second-order valence-electron chi connectivity index (χ2n) is 2.04. The van der Waals surface area contributed by atoms with Gasteiger partial charge < -0.3 is 0 Å². The second kappa shape index (κ2) is 4.77. The standard InChI is InChI=1S/C6H7Br2N3/c7-6(8)2-1-5-3-4-9-11-10-5/h3-4,6H,1-2H2. The van der Waals surface area contributed by atoms with Gasteiger partial charge in [0.25, 0.3) is 0 Å². The van der Waals surface area contributed by atoms with Crippen LogP contribution in [-0.4, -0.2) is 19.1 Å². The van der Waals surface area contributed by atoms with Crippen LogP contribution < -0.4 is 0 Å². The Morgan fingerprint density at radius 1 is 1.45 bits per heavy atom. The van der Waals surface area contributed by atoms with E-state index in [9.17, 15) is 0 Å². The average Bonchev–Trinajstić information content (AvgIpc) is 2.03. The normalized spacial score (nSPS) is 10.5. The molecule has 0 aliphatic heterocycles. The van der Waals surface area contributed by atoms with Crippen molar-refractivity contribution in [3.05, 3.63) is 18.0 Å². The number of hydrogen-bond donors (Lipinski definition) is 0. The van der Waals surface area contributed by atoms with Gasteiger partial charge in [-0.15, -0.1) is 10.2 Å². The summed E-state index contributed by atoms with van der Waals surface area (Å²) in [6, 6.07) is 1.87. The summed E-state index contributed by atoms with van der Waals surface area (Å²) in [5.74, 6) is 0. The van der Waals surface area contributed by atoms with Crippen LogP contribution in [0.5, 0.6) is 0 Å². The van der Waals surface area contributed by atoms with Gasteiger partial charge in [-0.25, -0.2) is 0 Å². The molecule has 1 aromatic heterocycles. The minimum absolute atomic E-state index is 0.352. The molecule has 0 fully saturated rings. The lowest BCUT2D eigenvalue weighted by Gasteiger charge is -1.98. The molecule has 1 heterocycles. The third-order valence-electron chi connectivity index (χ3n) is 1.18. The van der Waals surface area contributed by atoms with Gasteiger partial charge in [0.05, 0.1) is 15.6 Å². The fourth-order valence-corrected chi connectivity index (χ4v) is 1.11. The summed E-state index contributed by atoms with van der Waals surface area (Å²) in [6.07, 6.45) is 3.56. The first-order valence-electron chi connectivity index (χ1n) is 3.20. The van der Waals surface area contributed by atoms with Crippen LogP contribution in [-0.2, 0) is 6.42 Å². The molecule has 0 spiro atoms. The molecule has 0 bridgehead atoms. The van der Waals surface area contributed by atoms with Crippen molar-refractivity contribution in [1.29, 1.82) is 0 Å². The lowest BCUT2D eigenvalue weighted by molar-refractivity contribution is 0.778. The predicted octanol–water partition coefficient (Wildman–Crippen LogP) is 1.92. The Labute approximate surface area is 81.9 Å². The van der Waals surface area contributed by atoms with E-state index in [4.69, 9.17) is 0 Å². The zero-order chi connectivity index (χ0) is 8.10. The highest BCUT2D eigenvalue weighted by Gasteiger charge is 1.99. The quantitative estimate of drug-likeness (QED) is 0.794. The number of nitrogens with zero attached hydrogens (tertiary/aromatic N) is 3. The van der Waals surface area contributed by atoms with Crippen LogP contribution in [0.4, 0.5) is 0 Å². The van der Waals surface area contributed by atoms with Crippen LogP contribution in [0.25, 0.3) is 0 Å². The van der Waals surface area contributed by atoms with Crippen LogP contribution in [0, 0.1) is 0 Å². The average molecular weight is 281 g/mol. The molecule has 1 rings (SSSR count). The van der Waals surface area contributed by atoms with Crippen LogP contribution in [0.3, 0.4) is 0 Å². The molecule has 0 aliphatic carbocycles. The highest BCUT2D eigenvalue weighted by atomic mass is 79.9. The Balaban J connectivity index is 2.39. The first kappa shape index (κ1) is 9.06. The molecule has 5 heteroatoms. The Bertz CT molecular complexity index is 202. The maximum Gasteiger partial charge on any atom is 0.0701 e. The Hall–Kier alpha value is -0.0300. The number of rotatable bonds is 3. The van der Waals surface area contributed by atoms with Gasteiger partial charge in [0.1, 0.15) is 0 Å². The van der Waals surface area contributed by atoms with Gasteiger partial charge in [0.2, 0.25) is 0 Å². The number of aromatic nitrogens is 3. The van der Waals surface area contributed by atoms with E-state index in [1.807, 2.05) is 6.07 Å². The van der Waals surface area contributed by atoms with Gasteiger partial charge in [0, 0.05) is 0 Å². The summed E-state index contributed by atoms with van der Waals surface area (Å²) < 4.78 is 0.352. The fraction of sp³-hybridized carbons (Fsp3) is 0.500. The molecular formula is C6H7Br2N3. The molecule has 60 valence electrons. The van der Waals surface area contributed by atoms with E-state index in [1.54, 1.807) is 6.20 Å². The molecule has 0 aliphatic rings. The van der Waals surface area contributed by atoms with Gasteiger partial charge >= 0.3 is 0 Å². The fourth-order valence-electron chi connectivity index (χ4n) is 0.656. The Morgan fingerprint density at radius 3 is 2.82 bits per heavy atom. The summed E-state index contributed by atoms with van der Waals surface area (Å²) in [5, 5.41) is 11.0. The number of aryl methyl sites for hydroxylation is 1. The smallest absolute Gasteiger partial charge is 0.0701 e. The molecule has 0 amide bonds. The lowest BCUT2D eigenvalue weighted by Crippen LogP contribution is -1.96. The SMILES string of the molecule is BrC(Br)CCc1ccnnn1. The summed E-state index contributed by atoms with van der Waals surface area (Å²) in [6.45, 7) is 0. The summed E-state index contributed by atoms with van der Waals surface area (Å²) in [5.41, 5.74) is 0.976. The van der Waals surface area contributed by atoms with E-state index in [2.05, 4.69) is 47.3 Å². The molecule has 0 aromatic carbocycles. The molecule has 11 heavy (non-hydrogen) atoms. The van der Waals surface area contributed by atoms with Crippen molar-refractivity contribution in [1.82, 2.24) is 15.4 Å². The molecule has 0 radical (unpaired) electrons. The second-order valence-corrected chi connectivity index (χ2v) is 5.48. The zero-order valence-corrected chi connectivity index (χ0v) is 8.92. The monoisotopic (exact) mass is 279 g/mol. The van der Waals surface area contributed by atoms with Crippen LogP contribution in [0.2, 0.25) is 0 Å². The van der Waals surface area contributed by atoms with E-state index in [0.717, 1.165) is 18.5 Å². The molecular weight excluding hydrogens is 274 g/mol. The number of hydrogen-bond acceptors (Lipinski definition) is 3. The van der Waals surface area contributed by atoms with E-state index in [1.165, 1.54) is 0 Å². The van der Waals surface area contributed by atoms with Gasteiger partial charge in [-0.1, -0.05) is 31.9 Å². The molecule has 0 saturated heterocycles.